The summed E-state index contributed by atoms with van der Waals surface area (Å²) in [7, 11) is 0. The van der Waals surface area contributed by atoms with E-state index >= 15 is 0 Å². The highest BCUT2D eigenvalue weighted by Gasteiger charge is 2.22. The van der Waals surface area contributed by atoms with Crippen molar-refractivity contribution in [2.24, 2.45) is 5.73 Å². The van der Waals surface area contributed by atoms with Crippen LogP contribution in [0.4, 0.5) is 13.2 Å². The fourth-order valence-electron chi connectivity index (χ4n) is 0.920. The van der Waals surface area contributed by atoms with E-state index in [9.17, 15) is 18.0 Å². The second-order valence-electron chi connectivity index (χ2n) is 2.47. The number of hydrogen-bond donors (Lipinski definition) is 1. The normalized spacial score (nSPS) is 10.4. The highest BCUT2D eigenvalue weighted by molar-refractivity contribution is 6.31. The first kappa shape index (κ1) is 11.0. The molecule has 0 aromatic heterocycles. The molecule has 2 nitrogen and oxygen atoms in total. The Kier molecular flexibility index (Phi) is 3.13. The molecule has 0 aliphatic rings. The van der Waals surface area contributed by atoms with Gasteiger partial charge in [0.2, 0.25) is 0 Å². The van der Waals surface area contributed by atoms with E-state index in [2.05, 4.69) is 0 Å². The van der Waals surface area contributed by atoms with Gasteiger partial charge in [-0.05, 0) is 6.07 Å². The van der Waals surface area contributed by atoms with Crippen LogP contribution in [0.1, 0.15) is 10.4 Å². The monoisotopic (exact) mass is 223 g/mol. The highest BCUT2D eigenvalue weighted by atomic mass is 35.5. The molecule has 0 spiro atoms. The molecule has 2 N–H and O–H groups in total. The predicted molar refractivity (Wildman–Crippen MR) is 44.7 cm³/mol. The Morgan fingerprint density at radius 3 is 2.43 bits per heavy atom. The largest absolute Gasteiger partial charge is 0.324 e. The number of benzene rings is 1. The van der Waals surface area contributed by atoms with Crippen molar-refractivity contribution in [2.75, 3.05) is 6.54 Å². The van der Waals surface area contributed by atoms with Gasteiger partial charge in [0.15, 0.2) is 23.2 Å². The van der Waals surface area contributed by atoms with Crippen molar-refractivity contribution in [1.82, 2.24) is 0 Å². The average molecular weight is 224 g/mol. The van der Waals surface area contributed by atoms with Crippen LogP contribution in [-0.2, 0) is 0 Å². The molecule has 0 radical (unpaired) electrons. The molecular weight excluding hydrogens is 219 g/mol. The van der Waals surface area contributed by atoms with Crippen LogP contribution >= 0.6 is 11.6 Å². The van der Waals surface area contributed by atoms with E-state index in [-0.39, 0.29) is 0 Å². The van der Waals surface area contributed by atoms with E-state index in [1.54, 1.807) is 0 Å². The number of halogens is 4. The first-order valence-electron chi connectivity index (χ1n) is 3.55. The summed E-state index contributed by atoms with van der Waals surface area (Å²) >= 11 is 5.22. The zero-order valence-corrected chi connectivity index (χ0v) is 7.54. The van der Waals surface area contributed by atoms with Crippen molar-refractivity contribution in [2.45, 2.75) is 0 Å². The molecule has 0 aliphatic carbocycles. The number of nitrogens with two attached hydrogens (primary N) is 1. The molecule has 0 saturated carbocycles. The minimum atomic E-state index is -1.57. The molecule has 1 aromatic carbocycles. The zero-order valence-electron chi connectivity index (χ0n) is 6.78. The van der Waals surface area contributed by atoms with Crippen LogP contribution in [0.3, 0.4) is 0 Å². The van der Waals surface area contributed by atoms with Crippen molar-refractivity contribution in [1.29, 1.82) is 0 Å². The number of rotatable bonds is 2. The summed E-state index contributed by atoms with van der Waals surface area (Å²) in [6.45, 7) is -0.617. The van der Waals surface area contributed by atoms with Crippen LogP contribution in [0.5, 0.6) is 0 Å². The summed E-state index contributed by atoms with van der Waals surface area (Å²) in [5.41, 5.74) is 3.86. The number of carbonyl (C=O) groups excluding carboxylic acids is 1. The van der Waals surface area contributed by atoms with Gasteiger partial charge >= 0.3 is 0 Å². The van der Waals surface area contributed by atoms with Crippen LogP contribution < -0.4 is 5.73 Å². The van der Waals surface area contributed by atoms with Crippen molar-refractivity contribution in [3.8, 4) is 0 Å². The van der Waals surface area contributed by atoms with Gasteiger partial charge in [0, 0.05) is 0 Å². The molecule has 1 aromatic rings. The summed E-state index contributed by atoms with van der Waals surface area (Å²) in [5, 5.41) is -0.652. The first-order chi connectivity index (χ1) is 6.49. The molecule has 76 valence electrons. The third kappa shape index (κ3) is 1.73. The molecular formula is C8H5ClF3NO. The number of carbonyl (C=O) groups is 1. The van der Waals surface area contributed by atoms with Crippen molar-refractivity contribution in [3.05, 3.63) is 34.1 Å². The number of hydrogen-bond acceptors (Lipinski definition) is 2. The SMILES string of the molecule is NCC(=O)c1c(F)c(F)cc(Cl)c1F. The van der Waals surface area contributed by atoms with Crippen LogP contribution in [0, 0.1) is 17.5 Å². The Labute approximate surface area is 82.5 Å². The maximum Gasteiger partial charge on any atom is 0.182 e. The van der Waals surface area contributed by atoms with Crippen LogP contribution in [0.15, 0.2) is 6.07 Å². The van der Waals surface area contributed by atoms with Gasteiger partial charge in [-0.1, -0.05) is 11.6 Å². The second-order valence-corrected chi connectivity index (χ2v) is 2.88. The quantitative estimate of drug-likeness (QED) is 0.615. The first-order valence-corrected chi connectivity index (χ1v) is 3.93. The van der Waals surface area contributed by atoms with Crippen LogP contribution in [0.25, 0.3) is 0 Å². The fraction of sp³-hybridized carbons (Fsp3) is 0.125. The fourth-order valence-corrected chi connectivity index (χ4v) is 1.11. The second kappa shape index (κ2) is 3.98. The molecule has 0 bridgehead atoms. The van der Waals surface area contributed by atoms with Crippen LogP contribution in [-0.4, -0.2) is 12.3 Å². The van der Waals surface area contributed by atoms with Gasteiger partial charge in [0.05, 0.1) is 17.1 Å². The number of Topliss-reactive ketones (excluding diaryl/α,β-unsaturated/α-hetero) is 1. The van der Waals surface area contributed by atoms with Gasteiger partial charge in [0.1, 0.15) is 0 Å². The molecule has 0 saturated heterocycles. The van der Waals surface area contributed by atoms with E-state index in [1.165, 1.54) is 0 Å². The summed E-state index contributed by atoms with van der Waals surface area (Å²) in [6, 6.07) is 0.458. The lowest BCUT2D eigenvalue weighted by molar-refractivity contribution is 0.0992. The van der Waals surface area contributed by atoms with E-state index in [0.717, 1.165) is 0 Å². The van der Waals surface area contributed by atoms with E-state index in [0.29, 0.717) is 6.07 Å². The summed E-state index contributed by atoms with van der Waals surface area (Å²) in [6.07, 6.45) is 0. The lowest BCUT2D eigenvalue weighted by Crippen LogP contribution is -2.18. The molecule has 0 heterocycles. The Bertz CT molecular complexity index is 368. The minimum absolute atomic E-state index is 0.458. The van der Waals surface area contributed by atoms with Gasteiger partial charge in [-0.25, -0.2) is 13.2 Å². The van der Waals surface area contributed by atoms with Gasteiger partial charge in [-0.15, -0.1) is 0 Å². The third-order valence-corrected chi connectivity index (χ3v) is 1.85. The van der Waals surface area contributed by atoms with Crippen molar-refractivity contribution in [3.63, 3.8) is 0 Å². The number of ketones is 1. The molecule has 14 heavy (non-hydrogen) atoms. The maximum atomic E-state index is 13.1. The smallest absolute Gasteiger partial charge is 0.182 e. The topological polar surface area (TPSA) is 43.1 Å². The van der Waals surface area contributed by atoms with Gasteiger partial charge in [0.25, 0.3) is 0 Å². The molecule has 0 amide bonds. The Hall–Kier alpha value is -1.07. The third-order valence-electron chi connectivity index (χ3n) is 1.58. The molecule has 6 heteroatoms. The van der Waals surface area contributed by atoms with E-state index in [4.69, 9.17) is 17.3 Å². The summed E-state index contributed by atoms with van der Waals surface area (Å²) < 4.78 is 38.7. The van der Waals surface area contributed by atoms with E-state index < -0.39 is 40.4 Å². The van der Waals surface area contributed by atoms with Crippen LogP contribution in [0.2, 0.25) is 5.02 Å². The minimum Gasteiger partial charge on any atom is -0.324 e. The highest BCUT2D eigenvalue weighted by Crippen LogP contribution is 2.23. The molecule has 0 atom stereocenters. The summed E-state index contributed by atoms with van der Waals surface area (Å²) in [5.74, 6) is -5.28. The lowest BCUT2D eigenvalue weighted by Gasteiger charge is -2.04. The maximum absolute atomic E-state index is 13.1. The zero-order chi connectivity index (χ0) is 10.9. The Morgan fingerprint density at radius 1 is 1.36 bits per heavy atom. The molecule has 0 fully saturated rings. The van der Waals surface area contributed by atoms with Crippen molar-refractivity contribution >= 4 is 17.4 Å². The molecule has 0 unspecified atom stereocenters. The van der Waals surface area contributed by atoms with E-state index in [1.807, 2.05) is 0 Å². The predicted octanol–water partition coefficient (Wildman–Crippen LogP) is 1.90. The molecule has 1 rings (SSSR count). The average Bonchev–Trinajstić information content (AvgIpc) is 2.15. The van der Waals surface area contributed by atoms with Crippen molar-refractivity contribution < 1.29 is 18.0 Å². The Morgan fingerprint density at radius 2 is 1.93 bits per heavy atom. The van der Waals surface area contributed by atoms with Gasteiger partial charge < -0.3 is 5.73 Å². The molecule has 0 aliphatic heterocycles. The lowest BCUT2D eigenvalue weighted by atomic mass is 10.1. The Balaban J connectivity index is 3.47. The standard InChI is InChI=1S/C8H5ClF3NO/c9-3-1-4(10)8(12)6(7(3)11)5(14)2-13/h1H,2,13H2. The van der Waals surface area contributed by atoms with Gasteiger partial charge in [-0.2, -0.15) is 0 Å². The summed E-state index contributed by atoms with van der Waals surface area (Å²) in [4.78, 5) is 10.9. The van der Waals surface area contributed by atoms with Gasteiger partial charge in [-0.3, -0.25) is 4.79 Å².